The summed E-state index contributed by atoms with van der Waals surface area (Å²) < 4.78 is 15.2. The van der Waals surface area contributed by atoms with Crippen LogP contribution in [0.5, 0.6) is 0 Å². The van der Waals surface area contributed by atoms with E-state index in [0.717, 1.165) is 14.5 Å². The van der Waals surface area contributed by atoms with Crippen LogP contribution in [0.4, 0.5) is 10.1 Å². The van der Waals surface area contributed by atoms with E-state index in [-0.39, 0.29) is 11.6 Å². The SMILES string of the molecule is Cc1ccc(NC(=O)c2cc(Br)cc(Br)c2)c(F)c1. The van der Waals surface area contributed by atoms with Crippen LogP contribution in [-0.4, -0.2) is 5.91 Å². The second-order valence-electron chi connectivity index (χ2n) is 4.10. The molecule has 0 unspecified atom stereocenters. The van der Waals surface area contributed by atoms with E-state index in [0.29, 0.717) is 5.56 Å². The van der Waals surface area contributed by atoms with Gasteiger partial charge >= 0.3 is 0 Å². The average molecular weight is 387 g/mol. The minimum absolute atomic E-state index is 0.173. The molecule has 0 radical (unpaired) electrons. The second-order valence-corrected chi connectivity index (χ2v) is 5.93. The molecule has 2 nitrogen and oxygen atoms in total. The van der Waals surface area contributed by atoms with Crippen molar-refractivity contribution in [3.05, 3.63) is 62.3 Å². The number of hydrogen-bond acceptors (Lipinski definition) is 1. The van der Waals surface area contributed by atoms with E-state index in [1.165, 1.54) is 6.07 Å². The maximum atomic E-state index is 13.7. The van der Waals surface area contributed by atoms with Gasteiger partial charge in [-0.15, -0.1) is 0 Å². The largest absolute Gasteiger partial charge is 0.319 e. The van der Waals surface area contributed by atoms with E-state index in [4.69, 9.17) is 0 Å². The number of rotatable bonds is 2. The number of benzene rings is 2. The molecule has 19 heavy (non-hydrogen) atoms. The summed E-state index contributed by atoms with van der Waals surface area (Å²) in [6, 6.07) is 9.85. The molecule has 98 valence electrons. The zero-order valence-corrected chi connectivity index (χ0v) is 13.2. The first-order chi connectivity index (χ1) is 8.95. The molecule has 0 saturated heterocycles. The molecule has 2 aromatic rings. The summed E-state index contributed by atoms with van der Waals surface area (Å²) in [5.74, 6) is -0.799. The maximum absolute atomic E-state index is 13.7. The van der Waals surface area contributed by atoms with Gasteiger partial charge in [-0.05, 0) is 42.8 Å². The maximum Gasteiger partial charge on any atom is 0.255 e. The highest BCUT2D eigenvalue weighted by molar-refractivity contribution is 9.11. The van der Waals surface area contributed by atoms with Crippen LogP contribution in [0.3, 0.4) is 0 Å². The van der Waals surface area contributed by atoms with Crippen molar-refractivity contribution < 1.29 is 9.18 Å². The van der Waals surface area contributed by atoms with Crippen molar-refractivity contribution in [1.29, 1.82) is 0 Å². The van der Waals surface area contributed by atoms with Gasteiger partial charge in [-0.3, -0.25) is 4.79 Å². The predicted octanol–water partition coefficient (Wildman–Crippen LogP) is 4.91. The summed E-state index contributed by atoms with van der Waals surface area (Å²) in [4.78, 5) is 12.0. The third kappa shape index (κ3) is 3.64. The monoisotopic (exact) mass is 385 g/mol. The lowest BCUT2D eigenvalue weighted by atomic mass is 10.2. The lowest BCUT2D eigenvalue weighted by Gasteiger charge is -2.08. The summed E-state index contributed by atoms with van der Waals surface area (Å²) in [6.45, 7) is 1.79. The van der Waals surface area contributed by atoms with Crippen molar-refractivity contribution in [2.24, 2.45) is 0 Å². The van der Waals surface area contributed by atoms with Crippen LogP contribution in [0.25, 0.3) is 0 Å². The standard InChI is InChI=1S/C14H10Br2FNO/c1-8-2-3-13(12(17)4-8)18-14(19)9-5-10(15)7-11(16)6-9/h2-7H,1H3,(H,18,19). The molecule has 0 bridgehead atoms. The molecule has 2 rings (SSSR count). The minimum atomic E-state index is -0.442. The zero-order valence-electron chi connectivity index (χ0n) is 10.0. The number of nitrogens with one attached hydrogen (secondary N) is 1. The Morgan fingerprint density at radius 2 is 1.74 bits per heavy atom. The van der Waals surface area contributed by atoms with E-state index in [1.54, 1.807) is 31.2 Å². The second kappa shape index (κ2) is 5.84. The fraction of sp³-hybridized carbons (Fsp3) is 0.0714. The van der Waals surface area contributed by atoms with Gasteiger partial charge in [0, 0.05) is 14.5 Å². The number of amides is 1. The Balaban J connectivity index is 2.25. The van der Waals surface area contributed by atoms with Gasteiger partial charge in [-0.25, -0.2) is 4.39 Å². The van der Waals surface area contributed by atoms with Crippen molar-refractivity contribution >= 4 is 43.5 Å². The highest BCUT2D eigenvalue weighted by atomic mass is 79.9. The fourth-order valence-corrected chi connectivity index (χ4v) is 2.89. The lowest BCUT2D eigenvalue weighted by molar-refractivity contribution is 0.102. The van der Waals surface area contributed by atoms with Crippen molar-refractivity contribution in [2.75, 3.05) is 5.32 Å². The Morgan fingerprint density at radius 3 is 2.32 bits per heavy atom. The van der Waals surface area contributed by atoms with Gasteiger partial charge < -0.3 is 5.32 Å². The molecule has 0 aliphatic rings. The molecule has 0 saturated carbocycles. The fourth-order valence-electron chi connectivity index (χ4n) is 1.60. The predicted molar refractivity (Wildman–Crippen MR) is 80.9 cm³/mol. The van der Waals surface area contributed by atoms with Gasteiger partial charge in [0.25, 0.3) is 5.91 Å². The molecule has 1 amide bonds. The molecule has 0 aliphatic heterocycles. The zero-order chi connectivity index (χ0) is 14.0. The molecule has 0 fully saturated rings. The summed E-state index contributed by atoms with van der Waals surface area (Å²) in [6.07, 6.45) is 0. The van der Waals surface area contributed by atoms with Gasteiger partial charge in [0.1, 0.15) is 5.82 Å². The van der Waals surface area contributed by atoms with Crippen molar-refractivity contribution in [3.63, 3.8) is 0 Å². The smallest absolute Gasteiger partial charge is 0.255 e. The third-order valence-corrected chi connectivity index (χ3v) is 3.41. The Labute approximate surface area is 127 Å². The molecule has 2 aromatic carbocycles. The van der Waals surface area contributed by atoms with Crippen molar-refractivity contribution in [2.45, 2.75) is 6.92 Å². The Kier molecular flexibility index (Phi) is 4.37. The van der Waals surface area contributed by atoms with E-state index < -0.39 is 5.82 Å². The Bertz CT molecular complexity index is 623. The summed E-state index contributed by atoms with van der Waals surface area (Å²) in [5, 5.41) is 2.55. The highest BCUT2D eigenvalue weighted by Crippen LogP contribution is 2.22. The summed E-state index contributed by atoms with van der Waals surface area (Å²) in [7, 11) is 0. The van der Waals surface area contributed by atoms with Crippen molar-refractivity contribution in [3.8, 4) is 0 Å². The van der Waals surface area contributed by atoms with Crippen LogP contribution in [0, 0.1) is 12.7 Å². The third-order valence-electron chi connectivity index (χ3n) is 2.50. The van der Waals surface area contributed by atoms with Crippen LogP contribution in [-0.2, 0) is 0 Å². The Morgan fingerprint density at radius 1 is 1.11 bits per heavy atom. The molecule has 0 atom stereocenters. The normalized spacial score (nSPS) is 10.3. The molecule has 0 heterocycles. The number of anilines is 1. The molecular formula is C14H10Br2FNO. The van der Waals surface area contributed by atoms with Gasteiger partial charge in [0.05, 0.1) is 5.69 Å². The number of carbonyl (C=O) groups excluding carboxylic acids is 1. The number of halogens is 3. The van der Waals surface area contributed by atoms with E-state index >= 15 is 0 Å². The molecule has 0 aromatic heterocycles. The van der Waals surface area contributed by atoms with E-state index in [1.807, 2.05) is 6.07 Å². The molecule has 0 aliphatic carbocycles. The van der Waals surface area contributed by atoms with Crippen LogP contribution in [0.2, 0.25) is 0 Å². The van der Waals surface area contributed by atoms with Crippen molar-refractivity contribution in [1.82, 2.24) is 0 Å². The molecule has 5 heteroatoms. The minimum Gasteiger partial charge on any atom is -0.319 e. The first-order valence-corrected chi connectivity index (χ1v) is 7.08. The lowest BCUT2D eigenvalue weighted by Crippen LogP contribution is -2.13. The molecule has 1 N–H and O–H groups in total. The van der Waals surface area contributed by atoms with Gasteiger partial charge in [-0.1, -0.05) is 37.9 Å². The van der Waals surface area contributed by atoms with Crippen LogP contribution >= 0.6 is 31.9 Å². The number of aryl methyl sites for hydroxylation is 1. The van der Waals surface area contributed by atoms with E-state index in [9.17, 15) is 9.18 Å². The van der Waals surface area contributed by atoms with E-state index in [2.05, 4.69) is 37.2 Å². The van der Waals surface area contributed by atoms with Crippen LogP contribution < -0.4 is 5.32 Å². The number of hydrogen-bond donors (Lipinski definition) is 1. The quantitative estimate of drug-likeness (QED) is 0.780. The highest BCUT2D eigenvalue weighted by Gasteiger charge is 2.10. The van der Waals surface area contributed by atoms with Gasteiger partial charge in [0.15, 0.2) is 0 Å². The van der Waals surface area contributed by atoms with Crippen LogP contribution in [0.1, 0.15) is 15.9 Å². The molecular weight excluding hydrogens is 377 g/mol. The summed E-state index contributed by atoms with van der Waals surface area (Å²) in [5.41, 5.74) is 1.42. The van der Waals surface area contributed by atoms with Crippen LogP contribution in [0.15, 0.2) is 45.3 Å². The summed E-state index contributed by atoms with van der Waals surface area (Å²) >= 11 is 6.61. The first kappa shape index (κ1) is 14.2. The Hall–Kier alpha value is -1.20. The topological polar surface area (TPSA) is 29.1 Å². The van der Waals surface area contributed by atoms with Gasteiger partial charge in [0.2, 0.25) is 0 Å². The first-order valence-electron chi connectivity index (χ1n) is 5.49. The number of carbonyl (C=O) groups is 1. The molecule has 0 spiro atoms. The van der Waals surface area contributed by atoms with Gasteiger partial charge in [-0.2, -0.15) is 0 Å². The average Bonchev–Trinajstić information content (AvgIpc) is 2.31.